The lowest BCUT2D eigenvalue weighted by Gasteiger charge is -2.16. The summed E-state index contributed by atoms with van der Waals surface area (Å²) >= 11 is 1.19. The van der Waals surface area contributed by atoms with E-state index >= 15 is 0 Å². The van der Waals surface area contributed by atoms with Gasteiger partial charge in [0.15, 0.2) is 5.17 Å². The molecule has 0 spiro atoms. The SMILES string of the molecule is CC[C@@H]1SC(=Nc2ccccc2)N(S(=O)(=O)c2ccccc2)C1=O. The second-order valence-electron chi connectivity index (χ2n) is 5.17. The van der Waals surface area contributed by atoms with Crippen molar-refractivity contribution < 1.29 is 13.2 Å². The predicted molar refractivity (Wildman–Crippen MR) is 95.7 cm³/mol. The molecule has 1 fully saturated rings. The van der Waals surface area contributed by atoms with Crippen LogP contribution in [0.5, 0.6) is 0 Å². The number of aliphatic imine (C=N–C) groups is 1. The van der Waals surface area contributed by atoms with E-state index < -0.39 is 21.2 Å². The third-order valence-electron chi connectivity index (χ3n) is 3.53. The lowest BCUT2D eigenvalue weighted by atomic mass is 10.3. The van der Waals surface area contributed by atoms with E-state index in [-0.39, 0.29) is 10.1 Å². The van der Waals surface area contributed by atoms with Crippen molar-refractivity contribution >= 4 is 38.5 Å². The first-order valence-electron chi connectivity index (χ1n) is 7.48. The molecular formula is C17H16N2O3S2. The van der Waals surface area contributed by atoms with Gasteiger partial charge < -0.3 is 0 Å². The third-order valence-corrected chi connectivity index (χ3v) is 6.65. The van der Waals surface area contributed by atoms with Gasteiger partial charge in [0, 0.05) is 0 Å². The molecule has 1 aliphatic heterocycles. The van der Waals surface area contributed by atoms with E-state index in [1.165, 1.54) is 23.9 Å². The highest BCUT2D eigenvalue weighted by molar-refractivity contribution is 8.17. The van der Waals surface area contributed by atoms with Crippen LogP contribution in [0.4, 0.5) is 5.69 Å². The van der Waals surface area contributed by atoms with Crippen LogP contribution in [0.25, 0.3) is 0 Å². The zero-order chi connectivity index (χ0) is 17.2. The number of amides is 1. The van der Waals surface area contributed by atoms with Crippen molar-refractivity contribution in [3.8, 4) is 0 Å². The van der Waals surface area contributed by atoms with Gasteiger partial charge in [0.2, 0.25) is 0 Å². The van der Waals surface area contributed by atoms with Crippen molar-refractivity contribution in [2.75, 3.05) is 0 Å². The van der Waals surface area contributed by atoms with Crippen LogP contribution in [-0.4, -0.2) is 29.0 Å². The minimum atomic E-state index is -3.97. The molecule has 2 aromatic rings. The van der Waals surface area contributed by atoms with Gasteiger partial charge in [-0.05, 0) is 30.7 Å². The van der Waals surface area contributed by atoms with E-state index in [1.807, 2.05) is 25.1 Å². The van der Waals surface area contributed by atoms with E-state index in [1.54, 1.807) is 30.3 Å². The molecule has 3 rings (SSSR count). The van der Waals surface area contributed by atoms with Gasteiger partial charge in [0.25, 0.3) is 15.9 Å². The standard InChI is InChI=1S/C17H16N2O3S2/c1-2-15-16(20)19(24(21,22)14-11-7-4-8-12-14)17(23-15)18-13-9-5-3-6-10-13/h3-12,15H,2H2,1H3/t15-/m0/s1. The zero-order valence-electron chi connectivity index (χ0n) is 13.0. The van der Waals surface area contributed by atoms with E-state index in [4.69, 9.17) is 0 Å². The molecule has 1 aliphatic rings. The summed E-state index contributed by atoms with van der Waals surface area (Å²) in [6, 6.07) is 17.0. The third kappa shape index (κ3) is 3.09. The van der Waals surface area contributed by atoms with Gasteiger partial charge in [-0.3, -0.25) is 4.79 Å². The second kappa shape index (κ2) is 6.78. The molecule has 0 aromatic heterocycles. The summed E-state index contributed by atoms with van der Waals surface area (Å²) in [4.78, 5) is 17.1. The Hall–Kier alpha value is -2.12. The van der Waals surface area contributed by atoms with Crippen molar-refractivity contribution in [3.63, 3.8) is 0 Å². The molecule has 24 heavy (non-hydrogen) atoms. The largest absolute Gasteiger partial charge is 0.272 e. The lowest BCUT2D eigenvalue weighted by molar-refractivity contribution is -0.122. The summed E-state index contributed by atoms with van der Waals surface area (Å²) < 4.78 is 26.7. The van der Waals surface area contributed by atoms with Crippen LogP contribution in [0.1, 0.15) is 13.3 Å². The highest BCUT2D eigenvalue weighted by Crippen LogP contribution is 2.35. The molecule has 1 atom stereocenters. The fraction of sp³-hybridized carbons (Fsp3) is 0.176. The number of amidine groups is 1. The monoisotopic (exact) mass is 360 g/mol. The van der Waals surface area contributed by atoms with Crippen molar-refractivity contribution in [1.29, 1.82) is 0 Å². The lowest BCUT2D eigenvalue weighted by Crippen LogP contribution is -2.37. The first kappa shape index (κ1) is 16.7. The topological polar surface area (TPSA) is 66.8 Å². The van der Waals surface area contributed by atoms with Crippen LogP contribution >= 0.6 is 11.8 Å². The van der Waals surface area contributed by atoms with Crippen molar-refractivity contribution in [3.05, 3.63) is 60.7 Å². The van der Waals surface area contributed by atoms with E-state index in [0.717, 1.165) is 4.31 Å². The molecule has 5 nitrogen and oxygen atoms in total. The summed E-state index contributed by atoms with van der Waals surface area (Å²) in [5.41, 5.74) is 0.609. The molecule has 1 heterocycles. The Morgan fingerprint density at radius 3 is 2.21 bits per heavy atom. The average Bonchev–Trinajstić information content (AvgIpc) is 2.92. The molecule has 0 N–H and O–H groups in total. The van der Waals surface area contributed by atoms with Crippen LogP contribution in [-0.2, 0) is 14.8 Å². The highest BCUT2D eigenvalue weighted by Gasteiger charge is 2.44. The number of nitrogens with zero attached hydrogens (tertiary/aromatic N) is 2. The van der Waals surface area contributed by atoms with Crippen molar-refractivity contribution in [1.82, 2.24) is 4.31 Å². The Morgan fingerprint density at radius 2 is 1.62 bits per heavy atom. The minimum absolute atomic E-state index is 0.0801. The first-order chi connectivity index (χ1) is 11.5. The molecule has 0 radical (unpaired) electrons. The Labute approximate surface area is 145 Å². The number of carbonyl (C=O) groups is 1. The van der Waals surface area contributed by atoms with Crippen LogP contribution < -0.4 is 0 Å². The first-order valence-corrected chi connectivity index (χ1v) is 9.80. The average molecular weight is 360 g/mol. The zero-order valence-corrected chi connectivity index (χ0v) is 14.6. The number of carbonyl (C=O) groups excluding carboxylic acids is 1. The molecule has 0 unspecified atom stereocenters. The smallest absolute Gasteiger partial charge is 0.272 e. The maximum absolute atomic E-state index is 12.9. The Kier molecular flexibility index (Phi) is 4.73. The Balaban J connectivity index is 2.08. The van der Waals surface area contributed by atoms with Crippen LogP contribution in [0.2, 0.25) is 0 Å². The fourth-order valence-electron chi connectivity index (χ4n) is 2.31. The van der Waals surface area contributed by atoms with Gasteiger partial charge in [0.1, 0.15) is 0 Å². The van der Waals surface area contributed by atoms with Gasteiger partial charge in [-0.2, -0.15) is 4.31 Å². The quantitative estimate of drug-likeness (QED) is 0.838. The van der Waals surface area contributed by atoms with Gasteiger partial charge in [-0.15, -0.1) is 0 Å². The Morgan fingerprint density at radius 1 is 1.04 bits per heavy atom. The molecule has 1 amide bonds. The summed E-state index contributed by atoms with van der Waals surface area (Å²) in [5.74, 6) is -0.443. The second-order valence-corrected chi connectivity index (χ2v) is 8.12. The van der Waals surface area contributed by atoms with E-state index in [9.17, 15) is 13.2 Å². The van der Waals surface area contributed by atoms with E-state index in [2.05, 4.69) is 4.99 Å². The summed E-state index contributed by atoms with van der Waals surface area (Å²) in [6.07, 6.45) is 0.540. The normalized spacial score (nSPS) is 19.9. The molecule has 0 aliphatic carbocycles. The Bertz CT molecular complexity index is 865. The van der Waals surface area contributed by atoms with Crippen LogP contribution in [0.15, 0.2) is 70.6 Å². The molecular weight excluding hydrogens is 344 g/mol. The molecule has 124 valence electrons. The number of para-hydroxylation sites is 1. The summed E-state index contributed by atoms with van der Waals surface area (Å²) in [7, 11) is -3.97. The molecule has 7 heteroatoms. The van der Waals surface area contributed by atoms with Crippen LogP contribution in [0, 0.1) is 0 Å². The molecule has 1 saturated heterocycles. The number of thioether (sulfide) groups is 1. The molecule has 0 saturated carbocycles. The number of sulfonamides is 1. The van der Waals surface area contributed by atoms with Gasteiger partial charge in [0.05, 0.1) is 15.8 Å². The van der Waals surface area contributed by atoms with Gasteiger partial charge in [-0.1, -0.05) is 55.1 Å². The maximum Gasteiger partial charge on any atom is 0.272 e. The number of hydrogen-bond donors (Lipinski definition) is 0. The fourth-order valence-corrected chi connectivity index (χ4v) is 5.10. The number of benzene rings is 2. The van der Waals surface area contributed by atoms with Gasteiger partial charge >= 0.3 is 0 Å². The van der Waals surface area contributed by atoms with Crippen molar-refractivity contribution in [2.24, 2.45) is 4.99 Å². The highest BCUT2D eigenvalue weighted by atomic mass is 32.2. The van der Waals surface area contributed by atoms with Crippen molar-refractivity contribution in [2.45, 2.75) is 23.5 Å². The minimum Gasteiger partial charge on any atom is -0.272 e. The number of hydrogen-bond acceptors (Lipinski definition) is 5. The maximum atomic E-state index is 12.9. The van der Waals surface area contributed by atoms with Crippen LogP contribution in [0.3, 0.4) is 0 Å². The number of rotatable bonds is 4. The molecule has 0 bridgehead atoms. The van der Waals surface area contributed by atoms with E-state index in [0.29, 0.717) is 12.1 Å². The summed E-state index contributed by atoms with van der Waals surface area (Å²) in [5, 5.41) is -0.243. The molecule has 2 aromatic carbocycles. The summed E-state index contributed by atoms with van der Waals surface area (Å²) in [6.45, 7) is 1.86. The predicted octanol–water partition coefficient (Wildman–Crippen LogP) is 3.42. The van der Waals surface area contributed by atoms with Gasteiger partial charge in [-0.25, -0.2) is 13.4 Å².